The molecule has 7 nitrogen and oxygen atoms in total. The second kappa shape index (κ2) is 13.1. The van der Waals surface area contributed by atoms with Gasteiger partial charge in [-0.3, -0.25) is 13.9 Å². The van der Waals surface area contributed by atoms with E-state index < -0.39 is 16.1 Å². The number of rotatable bonds is 12. The fourth-order valence-electron chi connectivity index (χ4n) is 3.72. The highest BCUT2D eigenvalue weighted by molar-refractivity contribution is 7.92. The van der Waals surface area contributed by atoms with Crippen molar-refractivity contribution >= 4 is 50.7 Å². The number of sulfonamides is 1. The molecule has 2 rings (SSSR count). The molecule has 0 aliphatic rings. The lowest BCUT2D eigenvalue weighted by Gasteiger charge is -2.32. The number of nitrogens with one attached hydrogen (secondary N) is 1. The van der Waals surface area contributed by atoms with Crippen LogP contribution in [0.2, 0.25) is 10.0 Å². The minimum absolute atomic E-state index is 0.0650. The summed E-state index contributed by atoms with van der Waals surface area (Å²) in [5.41, 5.74) is 1.21. The molecule has 2 amide bonds. The predicted molar refractivity (Wildman–Crippen MR) is 142 cm³/mol. The molecule has 0 heterocycles. The molecule has 0 unspecified atom stereocenters. The summed E-state index contributed by atoms with van der Waals surface area (Å²) in [6.07, 6.45) is 1.89. The third-order valence-electron chi connectivity index (χ3n) is 5.38. The van der Waals surface area contributed by atoms with E-state index in [2.05, 4.69) is 5.32 Å². The lowest BCUT2D eigenvalue weighted by molar-refractivity contribution is -0.141. The van der Waals surface area contributed by atoms with Crippen LogP contribution in [0.1, 0.15) is 45.6 Å². The van der Waals surface area contributed by atoms with Crippen molar-refractivity contribution in [2.24, 2.45) is 0 Å². The van der Waals surface area contributed by atoms with E-state index in [4.69, 9.17) is 23.2 Å². The van der Waals surface area contributed by atoms with E-state index in [1.54, 1.807) is 36.4 Å². The molecule has 0 radical (unpaired) electrons. The van der Waals surface area contributed by atoms with Crippen molar-refractivity contribution in [3.05, 3.63) is 64.1 Å². The Morgan fingerprint density at radius 2 is 1.66 bits per heavy atom. The largest absolute Gasteiger partial charge is 0.352 e. The van der Waals surface area contributed by atoms with Gasteiger partial charge in [-0.05, 0) is 62.6 Å². The predicted octanol–water partition coefficient (Wildman–Crippen LogP) is 4.87. The molecule has 35 heavy (non-hydrogen) atoms. The van der Waals surface area contributed by atoms with Gasteiger partial charge in [0.25, 0.3) is 0 Å². The summed E-state index contributed by atoms with van der Waals surface area (Å²) in [5.74, 6) is -0.484. The molecule has 2 aromatic carbocycles. The number of benzene rings is 2. The van der Waals surface area contributed by atoms with Gasteiger partial charge < -0.3 is 10.2 Å². The quantitative estimate of drug-likeness (QED) is 0.415. The van der Waals surface area contributed by atoms with Gasteiger partial charge in [0.05, 0.1) is 11.9 Å². The standard InChI is InChI=1S/C25H33Cl2N3O4S/c1-5-23(25(32)28-18(2)3)29(17-19-9-6-7-10-22(19)27)24(31)11-8-16-30(35(4,33)34)21-14-12-20(26)13-15-21/h6-7,9-10,12-15,18,23H,5,8,11,16-17H2,1-4H3,(H,28,32)/t23-/m1/s1. The van der Waals surface area contributed by atoms with E-state index in [1.165, 1.54) is 9.21 Å². The number of amides is 2. The zero-order valence-corrected chi connectivity index (χ0v) is 22.8. The van der Waals surface area contributed by atoms with E-state index in [1.807, 2.05) is 32.9 Å². The van der Waals surface area contributed by atoms with Gasteiger partial charge in [0.15, 0.2) is 0 Å². The molecular formula is C25H33Cl2N3O4S. The second-order valence-electron chi connectivity index (χ2n) is 8.62. The first-order chi connectivity index (χ1) is 16.4. The van der Waals surface area contributed by atoms with Crippen LogP contribution in [0.25, 0.3) is 0 Å². The Bertz CT molecular complexity index is 1110. The normalized spacial score (nSPS) is 12.3. The van der Waals surface area contributed by atoms with Crippen LogP contribution in [0.3, 0.4) is 0 Å². The van der Waals surface area contributed by atoms with Crippen LogP contribution < -0.4 is 9.62 Å². The van der Waals surface area contributed by atoms with E-state index in [-0.39, 0.29) is 43.8 Å². The summed E-state index contributed by atoms with van der Waals surface area (Å²) in [5, 5.41) is 3.89. The molecule has 1 N–H and O–H groups in total. The lowest BCUT2D eigenvalue weighted by Crippen LogP contribution is -2.50. The molecule has 10 heteroatoms. The monoisotopic (exact) mass is 541 g/mol. The number of hydrogen-bond acceptors (Lipinski definition) is 4. The molecule has 0 aromatic heterocycles. The third kappa shape index (κ3) is 8.70. The smallest absolute Gasteiger partial charge is 0.243 e. The van der Waals surface area contributed by atoms with Crippen LogP contribution >= 0.6 is 23.2 Å². The van der Waals surface area contributed by atoms with Gasteiger partial charge in [-0.2, -0.15) is 0 Å². The van der Waals surface area contributed by atoms with E-state index in [9.17, 15) is 18.0 Å². The number of anilines is 1. The number of hydrogen-bond donors (Lipinski definition) is 1. The lowest BCUT2D eigenvalue weighted by atomic mass is 10.1. The first-order valence-corrected chi connectivity index (χ1v) is 14.1. The van der Waals surface area contributed by atoms with Crippen molar-refractivity contribution in [2.75, 3.05) is 17.1 Å². The molecule has 2 aromatic rings. The maximum absolute atomic E-state index is 13.4. The molecule has 0 bridgehead atoms. The van der Waals surface area contributed by atoms with Gasteiger partial charge in [0.1, 0.15) is 6.04 Å². The minimum Gasteiger partial charge on any atom is -0.352 e. The van der Waals surface area contributed by atoms with Crippen LogP contribution in [-0.2, 0) is 26.2 Å². The average Bonchev–Trinajstić information content (AvgIpc) is 2.77. The van der Waals surface area contributed by atoms with Crippen LogP contribution in [-0.4, -0.2) is 50.0 Å². The maximum atomic E-state index is 13.4. The maximum Gasteiger partial charge on any atom is 0.243 e. The Labute approximate surface area is 218 Å². The molecule has 0 aliphatic carbocycles. The van der Waals surface area contributed by atoms with Crippen LogP contribution in [0.5, 0.6) is 0 Å². The zero-order chi connectivity index (χ0) is 26.2. The highest BCUT2D eigenvalue weighted by Gasteiger charge is 2.29. The van der Waals surface area contributed by atoms with Crippen LogP contribution in [0, 0.1) is 0 Å². The van der Waals surface area contributed by atoms with Gasteiger partial charge in [-0.25, -0.2) is 8.42 Å². The van der Waals surface area contributed by atoms with Crippen LogP contribution in [0.4, 0.5) is 5.69 Å². The Morgan fingerprint density at radius 1 is 1.03 bits per heavy atom. The number of nitrogens with zero attached hydrogens (tertiary/aromatic N) is 2. The van der Waals surface area contributed by atoms with Crippen molar-refractivity contribution in [3.63, 3.8) is 0 Å². The summed E-state index contributed by atoms with van der Waals surface area (Å²) >= 11 is 12.3. The van der Waals surface area contributed by atoms with E-state index in [0.29, 0.717) is 22.2 Å². The molecule has 192 valence electrons. The van der Waals surface area contributed by atoms with Gasteiger partial charge in [0.2, 0.25) is 21.8 Å². The molecule has 0 saturated carbocycles. The Hall–Kier alpha value is -2.29. The van der Waals surface area contributed by atoms with E-state index in [0.717, 1.165) is 11.8 Å². The summed E-state index contributed by atoms with van der Waals surface area (Å²) in [6, 6.07) is 12.9. The highest BCUT2D eigenvalue weighted by Crippen LogP contribution is 2.23. The SMILES string of the molecule is CC[C@H](C(=O)NC(C)C)N(Cc1ccccc1Cl)C(=O)CCCN(c1ccc(Cl)cc1)S(C)(=O)=O. The average molecular weight is 543 g/mol. The molecular weight excluding hydrogens is 509 g/mol. The third-order valence-corrected chi connectivity index (χ3v) is 7.20. The van der Waals surface area contributed by atoms with E-state index >= 15 is 0 Å². The first-order valence-electron chi connectivity index (χ1n) is 11.5. The van der Waals surface area contributed by atoms with Gasteiger partial charge in [-0.1, -0.05) is 48.3 Å². The Balaban J connectivity index is 2.22. The first kappa shape index (κ1) is 28.9. The molecule has 0 spiro atoms. The summed E-state index contributed by atoms with van der Waals surface area (Å²) < 4.78 is 26.0. The fourth-order valence-corrected chi connectivity index (χ4v) is 5.01. The summed E-state index contributed by atoms with van der Waals surface area (Å²) in [4.78, 5) is 27.8. The van der Waals surface area contributed by atoms with Gasteiger partial charge in [-0.15, -0.1) is 0 Å². The summed E-state index contributed by atoms with van der Waals surface area (Å²) in [6.45, 7) is 5.86. The molecule has 0 fully saturated rings. The topological polar surface area (TPSA) is 86.8 Å². The van der Waals surface area contributed by atoms with Crippen molar-refractivity contribution in [1.29, 1.82) is 0 Å². The highest BCUT2D eigenvalue weighted by atomic mass is 35.5. The fraction of sp³-hybridized carbons (Fsp3) is 0.440. The van der Waals surface area contributed by atoms with Crippen molar-refractivity contribution in [2.45, 2.75) is 58.7 Å². The molecule has 0 saturated heterocycles. The van der Waals surface area contributed by atoms with Gasteiger partial charge >= 0.3 is 0 Å². The number of carbonyl (C=O) groups is 2. The van der Waals surface area contributed by atoms with Crippen molar-refractivity contribution < 1.29 is 18.0 Å². The van der Waals surface area contributed by atoms with Crippen molar-refractivity contribution in [3.8, 4) is 0 Å². The summed E-state index contributed by atoms with van der Waals surface area (Å²) in [7, 11) is -3.57. The number of halogens is 2. The van der Waals surface area contributed by atoms with Gasteiger partial charge in [0, 0.05) is 35.6 Å². The number of carbonyl (C=O) groups excluding carboxylic acids is 2. The molecule has 0 aliphatic heterocycles. The Kier molecular flexibility index (Phi) is 10.9. The van der Waals surface area contributed by atoms with Crippen LogP contribution in [0.15, 0.2) is 48.5 Å². The second-order valence-corrected chi connectivity index (χ2v) is 11.4. The minimum atomic E-state index is -3.57. The molecule has 1 atom stereocenters. The Morgan fingerprint density at radius 3 is 2.20 bits per heavy atom. The zero-order valence-electron chi connectivity index (χ0n) is 20.5. The van der Waals surface area contributed by atoms with Crippen molar-refractivity contribution in [1.82, 2.24) is 10.2 Å².